The van der Waals surface area contributed by atoms with Gasteiger partial charge in [-0.25, -0.2) is 0 Å². The first-order valence-electron chi connectivity index (χ1n) is 6.71. The predicted molar refractivity (Wildman–Crippen MR) is 70.9 cm³/mol. The number of rotatable bonds is 5. The van der Waals surface area contributed by atoms with E-state index in [0.29, 0.717) is 18.9 Å². The molecule has 2 N–H and O–H groups in total. The minimum Gasteiger partial charge on any atom is -0.352 e. The van der Waals surface area contributed by atoms with Crippen LogP contribution in [0.2, 0.25) is 0 Å². The molecule has 1 aliphatic rings. The summed E-state index contributed by atoms with van der Waals surface area (Å²) >= 11 is 0. The third-order valence-electron chi connectivity index (χ3n) is 3.42. The lowest BCUT2D eigenvalue weighted by Gasteiger charge is -2.22. The third-order valence-corrected chi connectivity index (χ3v) is 3.42. The van der Waals surface area contributed by atoms with Crippen molar-refractivity contribution in [1.82, 2.24) is 15.6 Å². The Labute approximate surface area is 108 Å². The second-order valence-electron chi connectivity index (χ2n) is 4.88. The molecule has 1 unspecified atom stereocenters. The van der Waals surface area contributed by atoms with Gasteiger partial charge in [0.15, 0.2) is 0 Å². The molecule has 0 aromatic carbocycles. The summed E-state index contributed by atoms with van der Waals surface area (Å²) in [5.74, 6) is 0.822. The number of carbonyl (C=O) groups excluding carboxylic acids is 1. The maximum atomic E-state index is 11.7. The second kappa shape index (κ2) is 7.11. The average Bonchev–Trinajstić information content (AvgIpc) is 2.45. The van der Waals surface area contributed by atoms with E-state index in [1.807, 2.05) is 12.1 Å². The number of nitrogens with zero attached hydrogens (tertiary/aromatic N) is 1. The molecular formula is C14H21N3O. The van der Waals surface area contributed by atoms with Crippen LogP contribution in [0.3, 0.4) is 0 Å². The van der Waals surface area contributed by atoms with Crippen LogP contribution < -0.4 is 10.6 Å². The molecule has 1 fully saturated rings. The summed E-state index contributed by atoms with van der Waals surface area (Å²) in [6.07, 6.45) is 7.62. The standard InChI is InChI=1S/C14H21N3O/c18-14(4-3-12-2-1-7-16-10-12)17-11-13-5-8-15-9-6-13/h5-6,8-9,12,16H,1-4,7,10-11H2,(H,17,18). The van der Waals surface area contributed by atoms with Crippen LogP contribution in [-0.2, 0) is 11.3 Å². The topological polar surface area (TPSA) is 54.0 Å². The number of piperidine rings is 1. The van der Waals surface area contributed by atoms with E-state index >= 15 is 0 Å². The number of carbonyl (C=O) groups is 1. The zero-order chi connectivity index (χ0) is 12.6. The molecule has 1 aliphatic heterocycles. The van der Waals surface area contributed by atoms with Crippen LogP contribution in [0, 0.1) is 5.92 Å². The van der Waals surface area contributed by atoms with Crippen LogP contribution >= 0.6 is 0 Å². The summed E-state index contributed by atoms with van der Waals surface area (Å²) in [7, 11) is 0. The molecule has 4 heteroatoms. The summed E-state index contributed by atoms with van der Waals surface area (Å²) < 4.78 is 0. The van der Waals surface area contributed by atoms with Crippen molar-refractivity contribution < 1.29 is 4.79 Å². The second-order valence-corrected chi connectivity index (χ2v) is 4.88. The number of aromatic nitrogens is 1. The van der Waals surface area contributed by atoms with Crippen molar-refractivity contribution in [2.45, 2.75) is 32.2 Å². The zero-order valence-electron chi connectivity index (χ0n) is 10.7. The van der Waals surface area contributed by atoms with Crippen LogP contribution in [0.5, 0.6) is 0 Å². The van der Waals surface area contributed by atoms with E-state index in [1.54, 1.807) is 12.4 Å². The van der Waals surface area contributed by atoms with E-state index in [0.717, 1.165) is 25.1 Å². The Balaban J connectivity index is 1.63. The molecule has 1 aromatic heterocycles. The number of nitrogens with one attached hydrogen (secondary N) is 2. The van der Waals surface area contributed by atoms with Crippen LogP contribution in [0.25, 0.3) is 0 Å². The Morgan fingerprint density at radius 1 is 1.44 bits per heavy atom. The number of hydrogen-bond donors (Lipinski definition) is 2. The largest absolute Gasteiger partial charge is 0.352 e. The van der Waals surface area contributed by atoms with Crippen LogP contribution in [0.4, 0.5) is 0 Å². The van der Waals surface area contributed by atoms with Crippen molar-refractivity contribution in [3.63, 3.8) is 0 Å². The van der Waals surface area contributed by atoms with E-state index in [-0.39, 0.29) is 5.91 Å². The number of hydrogen-bond acceptors (Lipinski definition) is 3. The minimum atomic E-state index is 0.150. The van der Waals surface area contributed by atoms with Gasteiger partial charge in [0, 0.05) is 25.4 Å². The normalized spacial score (nSPS) is 19.4. The van der Waals surface area contributed by atoms with Gasteiger partial charge in [-0.1, -0.05) is 0 Å². The summed E-state index contributed by atoms with van der Waals surface area (Å²) in [4.78, 5) is 15.7. The zero-order valence-corrected chi connectivity index (χ0v) is 10.7. The average molecular weight is 247 g/mol. The van der Waals surface area contributed by atoms with Gasteiger partial charge in [0.25, 0.3) is 0 Å². The van der Waals surface area contributed by atoms with Gasteiger partial charge in [0.05, 0.1) is 0 Å². The molecule has 1 amide bonds. The van der Waals surface area contributed by atoms with Crippen LogP contribution in [0.15, 0.2) is 24.5 Å². The molecular weight excluding hydrogens is 226 g/mol. The molecule has 1 atom stereocenters. The van der Waals surface area contributed by atoms with Gasteiger partial charge in [-0.05, 0) is 56.0 Å². The van der Waals surface area contributed by atoms with Crippen molar-refractivity contribution in [2.75, 3.05) is 13.1 Å². The van der Waals surface area contributed by atoms with Gasteiger partial charge in [0.2, 0.25) is 5.91 Å². The molecule has 2 heterocycles. The van der Waals surface area contributed by atoms with Gasteiger partial charge in [-0.3, -0.25) is 9.78 Å². The van der Waals surface area contributed by atoms with Gasteiger partial charge in [-0.2, -0.15) is 0 Å². The Bertz CT molecular complexity index is 361. The fourth-order valence-corrected chi connectivity index (χ4v) is 2.30. The van der Waals surface area contributed by atoms with Gasteiger partial charge >= 0.3 is 0 Å². The van der Waals surface area contributed by atoms with Crippen LogP contribution in [0.1, 0.15) is 31.2 Å². The lowest BCUT2D eigenvalue weighted by Crippen LogP contribution is -2.31. The molecule has 0 spiro atoms. The summed E-state index contributed by atoms with van der Waals surface area (Å²) in [5.41, 5.74) is 1.10. The molecule has 4 nitrogen and oxygen atoms in total. The SMILES string of the molecule is O=C(CCC1CCCNC1)NCc1ccncc1. The molecule has 0 aliphatic carbocycles. The maximum absolute atomic E-state index is 11.7. The fourth-order valence-electron chi connectivity index (χ4n) is 2.30. The highest BCUT2D eigenvalue weighted by Crippen LogP contribution is 2.15. The van der Waals surface area contributed by atoms with Gasteiger partial charge in [0.1, 0.15) is 0 Å². The predicted octanol–water partition coefficient (Wildman–Crippen LogP) is 1.48. The van der Waals surface area contributed by atoms with Crippen LogP contribution in [-0.4, -0.2) is 24.0 Å². The Kier molecular flexibility index (Phi) is 5.15. The molecule has 1 aromatic rings. The third kappa shape index (κ3) is 4.45. The van der Waals surface area contributed by atoms with Gasteiger partial charge in [-0.15, -0.1) is 0 Å². The highest BCUT2D eigenvalue weighted by atomic mass is 16.1. The highest BCUT2D eigenvalue weighted by molar-refractivity contribution is 5.75. The quantitative estimate of drug-likeness (QED) is 0.828. The smallest absolute Gasteiger partial charge is 0.220 e. The molecule has 18 heavy (non-hydrogen) atoms. The maximum Gasteiger partial charge on any atom is 0.220 e. The van der Waals surface area contributed by atoms with E-state index in [2.05, 4.69) is 15.6 Å². The first kappa shape index (κ1) is 13.0. The van der Waals surface area contributed by atoms with Crippen molar-refractivity contribution in [3.8, 4) is 0 Å². The van der Waals surface area contributed by atoms with E-state index in [4.69, 9.17) is 0 Å². The Hall–Kier alpha value is -1.42. The van der Waals surface area contributed by atoms with E-state index in [9.17, 15) is 4.79 Å². The molecule has 2 rings (SSSR count). The van der Waals surface area contributed by atoms with Crippen molar-refractivity contribution in [2.24, 2.45) is 5.92 Å². The minimum absolute atomic E-state index is 0.150. The molecule has 0 radical (unpaired) electrons. The molecule has 1 saturated heterocycles. The lowest BCUT2D eigenvalue weighted by atomic mass is 9.94. The first-order valence-corrected chi connectivity index (χ1v) is 6.71. The van der Waals surface area contributed by atoms with Crippen molar-refractivity contribution in [1.29, 1.82) is 0 Å². The molecule has 98 valence electrons. The Morgan fingerprint density at radius 3 is 3.00 bits per heavy atom. The fraction of sp³-hybridized carbons (Fsp3) is 0.571. The summed E-state index contributed by atoms with van der Waals surface area (Å²) in [6.45, 7) is 2.80. The first-order chi connectivity index (χ1) is 8.84. The summed E-state index contributed by atoms with van der Waals surface area (Å²) in [5, 5.41) is 6.33. The lowest BCUT2D eigenvalue weighted by molar-refractivity contribution is -0.121. The van der Waals surface area contributed by atoms with Crippen molar-refractivity contribution >= 4 is 5.91 Å². The van der Waals surface area contributed by atoms with Crippen molar-refractivity contribution in [3.05, 3.63) is 30.1 Å². The monoisotopic (exact) mass is 247 g/mol. The van der Waals surface area contributed by atoms with Gasteiger partial charge < -0.3 is 10.6 Å². The van der Waals surface area contributed by atoms with E-state index < -0.39 is 0 Å². The molecule has 0 saturated carbocycles. The number of amides is 1. The van der Waals surface area contributed by atoms with E-state index in [1.165, 1.54) is 12.8 Å². The highest BCUT2D eigenvalue weighted by Gasteiger charge is 2.14. The molecule has 0 bridgehead atoms. The number of pyridine rings is 1. The summed E-state index contributed by atoms with van der Waals surface area (Å²) in [6, 6.07) is 3.84. The Morgan fingerprint density at radius 2 is 2.28 bits per heavy atom.